The fourth-order valence-corrected chi connectivity index (χ4v) is 11.3. The zero-order valence-corrected chi connectivity index (χ0v) is 18.2. The van der Waals surface area contributed by atoms with Gasteiger partial charge in [0, 0.05) is 0 Å². The van der Waals surface area contributed by atoms with E-state index in [1.165, 1.54) is 12.1 Å². The van der Waals surface area contributed by atoms with Crippen molar-refractivity contribution in [1.29, 1.82) is 5.26 Å². The average Bonchev–Trinajstić information content (AvgIpc) is 3.16. The summed E-state index contributed by atoms with van der Waals surface area (Å²) in [6, 6.07) is 6.39. The molecule has 3 atom stereocenters. The maximum absolute atomic E-state index is 13.5. The number of rotatable bonds is 4. The van der Waals surface area contributed by atoms with E-state index in [0.29, 0.717) is 10.7 Å². The molecule has 0 saturated heterocycles. The Balaban J connectivity index is 2.00. The number of imidazole rings is 1. The van der Waals surface area contributed by atoms with Crippen LogP contribution in [0.4, 0.5) is 13.2 Å². The van der Waals surface area contributed by atoms with Crippen LogP contribution >= 0.6 is 0 Å². The van der Waals surface area contributed by atoms with Crippen LogP contribution in [0.2, 0.25) is 9.91 Å². The first-order valence-corrected chi connectivity index (χ1v) is 12.9. The minimum absolute atomic E-state index is 0.0265. The van der Waals surface area contributed by atoms with E-state index in [-0.39, 0.29) is 11.0 Å². The quantitative estimate of drug-likeness (QED) is 0.591. The third kappa shape index (κ3) is 3.87. The molecule has 0 radical (unpaired) electrons. The van der Waals surface area contributed by atoms with Crippen molar-refractivity contribution in [2.45, 2.75) is 62.2 Å². The predicted molar refractivity (Wildman–Crippen MR) is 105 cm³/mol. The molecule has 3 nitrogen and oxygen atoms in total. The van der Waals surface area contributed by atoms with E-state index < -0.39 is 26.4 Å². The molecule has 3 rings (SSSR count). The third-order valence-corrected chi connectivity index (χ3v) is 13.0. The number of nitriles is 1. The second-order valence-corrected chi connectivity index (χ2v) is 13.6. The summed E-state index contributed by atoms with van der Waals surface area (Å²) in [5.41, 5.74) is -1.11. The molecular weight excluding hydrogens is 426 g/mol. The first kappa shape index (κ1) is 21.0. The Bertz CT molecular complexity index is 853. The normalized spacial score (nSPS) is 23.2. The number of hydrogen-bond donors (Lipinski definition) is 0. The molecule has 1 aromatic heterocycles. The molecule has 2 aromatic rings. The zero-order chi connectivity index (χ0) is 20.5. The zero-order valence-electron chi connectivity index (χ0n) is 16.4. The molecule has 150 valence electrons. The van der Waals surface area contributed by atoms with Crippen molar-refractivity contribution < 1.29 is 13.2 Å². The Labute approximate surface area is 168 Å². The second-order valence-electron chi connectivity index (χ2n) is 7.92. The van der Waals surface area contributed by atoms with Crippen molar-refractivity contribution in [2.75, 3.05) is 0 Å². The molecule has 1 aliphatic carbocycles. The van der Waals surface area contributed by atoms with Gasteiger partial charge < -0.3 is 0 Å². The molecule has 1 saturated carbocycles. The molecule has 0 spiro atoms. The molecule has 28 heavy (non-hydrogen) atoms. The predicted octanol–water partition coefficient (Wildman–Crippen LogP) is 5.32. The number of halogens is 3. The van der Waals surface area contributed by atoms with Gasteiger partial charge in [-0.25, -0.2) is 0 Å². The van der Waals surface area contributed by atoms with Gasteiger partial charge in [0.2, 0.25) is 0 Å². The van der Waals surface area contributed by atoms with Crippen molar-refractivity contribution >= 4 is 19.0 Å². The summed E-state index contributed by atoms with van der Waals surface area (Å²) >= 11 is -1.78. The maximum atomic E-state index is 13.5. The SMILES string of the molecule is CC[As](c1ccc(C#N)c(C(F)(F)F)c1)C1CCCC(n2ccnc2)C1(C)C. The van der Waals surface area contributed by atoms with Gasteiger partial charge in [0.05, 0.1) is 0 Å². The van der Waals surface area contributed by atoms with Crippen LogP contribution in [0.25, 0.3) is 0 Å². The van der Waals surface area contributed by atoms with Gasteiger partial charge >= 0.3 is 169 Å². The monoisotopic (exact) mass is 451 g/mol. The van der Waals surface area contributed by atoms with Crippen LogP contribution in [0, 0.1) is 16.7 Å². The van der Waals surface area contributed by atoms with Crippen LogP contribution in [0.15, 0.2) is 36.9 Å². The van der Waals surface area contributed by atoms with Crippen LogP contribution in [0.5, 0.6) is 0 Å². The number of nitrogens with zero attached hydrogens (tertiary/aromatic N) is 3. The summed E-state index contributed by atoms with van der Waals surface area (Å²) in [5, 5.41) is 10.00. The fourth-order valence-electron chi connectivity index (χ4n) is 4.64. The second kappa shape index (κ2) is 7.95. The molecule has 1 fully saturated rings. The van der Waals surface area contributed by atoms with E-state index in [1.54, 1.807) is 18.3 Å². The standard InChI is InChI=1S/C21H25AsF3N3/c1-4-22(16-9-8-15(13-26)17(12-16)21(23,24)25)18-6-5-7-19(20(18,2)3)28-11-10-27-14-28/h8-12,14,18-19H,4-7H2,1-3H3. The topological polar surface area (TPSA) is 41.6 Å². The van der Waals surface area contributed by atoms with Crippen molar-refractivity contribution in [2.24, 2.45) is 5.41 Å². The molecule has 0 aliphatic heterocycles. The van der Waals surface area contributed by atoms with Crippen molar-refractivity contribution in [3.63, 3.8) is 0 Å². The molecule has 1 aromatic carbocycles. The van der Waals surface area contributed by atoms with Crippen molar-refractivity contribution in [3.05, 3.63) is 48.0 Å². The summed E-state index contributed by atoms with van der Waals surface area (Å²) in [6.45, 7) is 6.61. The summed E-state index contributed by atoms with van der Waals surface area (Å²) in [4.78, 5) is 4.19. The summed E-state index contributed by atoms with van der Waals surface area (Å²) < 4.78 is 43.8. The number of alkyl halides is 3. The number of benzene rings is 1. The first-order valence-electron chi connectivity index (χ1n) is 9.55. The van der Waals surface area contributed by atoms with Crippen molar-refractivity contribution in [3.8, 4) is 6.07 Å². The molecule has 0 bridgehead atoms. The molecule has 7 heteroatoms. The summed E-state index contributed by atoms with van der Waals surface area (Å²) in [6.07, 6.45) is 4.30. The average molecular weight is 451 g/mol. The van der Waals surface area contributed by atoms with Gasteiger partial charge in [-0.15, -0.1) is 0 Å². The summed E-state index contributed by atoms with van der Waals surface area (Å²) in [7, 11) is 0. The van der Waals surface area contributed by atoms with Gasteiger partial charge in [0.1, 0.15) is 0 Å². The van der Waals surface area contributed by atoms with Gasteiger partial charge in [-0.3, -0.25) is 0 Å². The minimum atomic E-state index is -4.50. The Hall–Kier alpha value is -1.73. The first-order chi connectivity index (χ1) is 13.2. The molecule has 0 N–H and O–H groups in total. The summed E-state index contributed by atoms with van der Waals surface area (Å²) in [5.74, 6) is 0. The van der Waals surface area contributed by atoms with E-state index in [0.717, 1.165) is 28.8 Å². The van der Waals surface area contributed by atoms with Gasteiger partial charge in [0.25, 0.3) is 0 Å². The van der Waals surface area contributed by atoms with E-state index in [4.69, 9.17) is 5.26 Å². The van der Waals surface area contributed by atoms with Gasteiger partial charge in [-0.1, -0.05) is 0 Å². The van der Waals surface area contributed by atoms with Gasteiger partial charge in [-0.2, -0.15) is 0 Å². The molecule has 3 unspecified atom stereocenters. The van der Waals surface area contributed by atoms with Gasteiger partial charge in [-0.05, 0) is 0 Å². The van der Waals surface area contributed by atoms with Crippen LogP contribution in [-0.4, -0.2) is 24.2 Å². The number of aromatic nitrogens is 2. The Morgan fingerprint density at radius 1 is 1.32 bits per heavy atom. The van der Waals surface area contributed by atoms with E-state index >= 15 is 0 Å². The molecule has 1 aliphatic rings. The van der Waals surface area contributed by atoms with Crippen molar-refractivity contribution in [1.82, 2.24) is 9.55 Å². The van der Waals surface area contributed by atoms with Gasteiger partial charge in [0.15, 0.2) is 0 Å². The molecular formula is C21H25AsF3N3. The Morgan fingerprint density at radius 3 is 2.64 bits per heavy atom. The van der Waals surface area contributed by atoms with Crippen LogP contribution < -0.4 is 4.35 Å². The van der Waals surface area contributed by atoms with E-state index in [2.05, 4.69) is 30.3 Å². The van der Waals surface area contributed by atoms with Crippen LogP contribution in [0.1, 0.15) is 57.2 Å². The molecule has 0 amide bonds. The van der Waals surface area contributed by atoms with E-state index in [9.17, 15) is 13.2 Å². The Kier molecular flexibility index (Phi) is 5.96. The van der Waals surface area contributed by atoms with E-state index in [1.807, 2.05) is 12.5 Å². The fraction of sp³-hybridized carbons (Fsp3) is 0.524. The Morgan fingerprint density at radius 2 is 2.07 bits per heavy atom. The van der Waals surface area contributed by atoms with Crippen LogP contribution in [0.3, 0.4) is 0 Å². The third-order valence-electron chi connectivity index (χ3n) is 6.04. The number of hydrogen-bond acceptors (Lipinski definition) is 2. The van der Waals surface area contributed by atoms with Crippen LogP contribution in [-0.2, 0) is 6.18 Å². The molecule has 1 heterocycles.